The smallest absolute Gasteiger partial charge is 0.324 e. The number of hydrogen-bond donors (Lipinski definition) is 2. The van der Waals surface area contributed by atoms with Crippen molar-refractivity contribution in [3.63, 3.8) is 0 Å². The van der Waals surface area contributed by atoms with Crippen molar-refractivity contribution < 1.29 is 19.3 Å². The number of carbonyl (C=O) groups is 2. The molecule has 0 bridgehead atoms. The molecule has 0 aromatic heterocycles. The van der Waals surface area contributed by atoms with Gasteiger partial charge >= 0.3 is 11.9 Å². The van der Waals surface area contributed by atoms with Crippen LogP contribution in [-0.2, 0) is 19.3 Å². The molecule has 0 saturated heterocycles. The summed E-state index contributed by atoms with van der Waals surface area (Å²) in [4.78, 5) is 28.4. The molecule has 0 unspecified atom stereocenters. The van der Waals surface area contributed by atoms with E-state index in [-0.39, 0.29) is 12.8 Å². The first kappa shape index (κ1) is 9.86. The zero-order chi connectivity index (χ0) is 8.69. The third kappa shape index (κ3) is 5.31. The van der Waals surface area contributed by atoms with E-state index in [0.717, 1.165) is 0 Å². The van der Waals surface area contributed by atoms with Crippen molar-refractivity contribution in [1.29, 1.82) is 0 Å². The lowest BCUT2D eigenvalue weighted by molar-refractivity contribution is -0.146. The maximum atomic E-state index is 10.4. The fraction of sp³-hybridized carbons (Fsp3) is 0.600. The number of hydrogen-bond acceptors (Lipinski definition) is 6. The van der Waals surface area contributed by atoms with Crippen molar-refractivity contribution in [2.75, 3.05) is 0 Å². The molecule has 6 heteroatoms. The largest absolute Gasteiger partial charge is 0.373 e. The molecule has 0 fully saturated rings. The predicted octanol–water partition coefficient (Wildman–Crippen LogP) is -1.01. The van der Waals surface area contributed by atoms with Crippen molar-refractivity contribution in [1.82, 2.24) is 0 Å². The fourth-order valence-electron chi connectivity index (χ4n) is 0.495. The maximum absolute atomic E-state index is 10.4. The van der Waals surface area contributed by atoms with Crippen LogP contribution in [-0.4, -0.2) is 11.9 Å². The SMILES string of the molecule is NOC(=O)CCCC(=O)ON. The Labute approximate surface area is 63.3 Å². The quantitative estimate of drug-likeness (QED) is 0.513. The Morgan fingerprint density at radius 1 is 1.00 bits per heavy atom. The zero-order valence-electron chi connectivity index (χ0n) is 5.91. The van der Waals surface area contributed by atoms with E-state index >= 15 is 0 Å². The topological polar surface area (TPSA) is 105 Å². The molecule has 0 spiro atoms. The van der Waals surface area contributed by atoms with E-state index in [2.05, 4.69) is 21.5 Å². The highest BCUT2D eigenvalue weighted by atomic mass is 16.7. The average Bonchev–Trinajstić information content (AvgIpc) is 2.04. The lowest BCUT2D eigenvalue weighted by Crippen LogP contribution is -2.12. The lowest BCUT2D eigenvalue weighted by Gasteiger charge is -1.96. The third-order valence-corrected chi connectivity index (χ3v) is 1.02. The molecule has 64 valence electrons. The second-order valence-corrected chi connectivity index (χ2v) is 1.83. The zero-order valence-corrected chi connectivity index (χ0v) is 5.91. The molecular formula is C5H10N2O4. The molecular weight excluding hydrogens is 152 g/mol. The Bertz CT molecular complexity index is 131. The highest BCUT2D eigenvalue weighted by Crippen LogP contribution is 1.96. The summed E-state index contributed by atoms with van der Waals surface area (Å²) in [7, 11) is 0. The number of carbonyl (C=O) groups excluding carboxylic acids is 2. The second kappa shape index (κ2) is 5.63. The minimum atomic E-state index is -0.560. The van der Waals surface area contributed by atoms with Gasteiger partial charge in [0.2, 0.25) is 0 Å². The summed E-state index contributed by atoms with van der Waals surface area (Å²) < 4.78 is 0. The average molecular weight is 162 g/mol. The van der Waals surface area contributed by atoms with Crippen molar-refractivity contribution >= 4 is 11.9 Å². The van der Waals surface area contributed by atoms with Gasteiger partial charge in [-0.2, -0.15) is 11.8 Å². The minimum absolute atomic E-state index is 0.0889. The fourth-order valence-corrected chi connectivity index (χ4v) is 0.495. The number of nitrogens with two attached hydrogens (primary N) is 2. The van der Waals surface area contributed by atoms with Gasteiger partial charge in [-0.3, -0.25) is 9.59 Å². The third-order valence-electron chi connectivity index (χ3n) is 1.02. The second-order valence-electron chi connectivity index (χ2n) is 1.83. The Morgan fingerprint density at radius 3 is 1.64 bits per heavy atom. The van der Waals surface area contributed by atoms with Crippen LogP contribution in [0, 0.1) is 0 Å². The minimum Gasteiger partial charge on any atom is -0.373 e. The Balaban J connectivity index is 3.27. The molecule has 11 heavy (non-hydrogen) atoms. The van der Waals surface area contributed by atoms with E-state index in [4.69, 9.17) is 0 Å². The molecule has 0 amide bonds. The summed E-state index contributed by atoms with van der Waals surface area (Å²) in [5.41, 5.74) is 0. The number of rotatable bonds is 4. The standard InChI is InChI=1S/C5H10N2O4/c6-10-4(8)2-1-3-5(9)11-7/h1-3,6-7H2. The van der Waals surface area contributed by atoms with Crippen molar-refractivity contribution in [3.8, 4) is 0 Å². The first-order valence-electron chi connectivity index (χ1n) is 3.00. The van der Waals surface area contributed by atoms with Gasteiger partial charge in [-0.15, -0.1) is 0 Å². The van der Waals surface area contributed by atoms with E-state index in [9.17, 15) is 9.59 Å². The highest BCUT2D eigenvalue weighted by molar-refractivity contribution is 5.72. The van der Waals surface area contributed by atoms with Crippen molar-refractivity contribution in [3.05, 3.63) is 0 Å². The predicted molar refractivity (Wildman–Crippen MR) is 34.4 cm³/mol. The first-order chi connectivity index (χ1) is 5.20. The van der Waals surface area contributed by atoms with Gasteiger partial charge in [0.15, 0.2) is 0 Å². The summed E-state index contributed by atoms with van der Waals surface area (Å²) in [5, 5.41) is 0. The van der Waals surface area contributed by atoms with Crippen LogP contribution in [0.1, 0.15) is 19.3 Å². The van der Waals surface area contributed by atoms with Crippen LogP contribution in [0.3, 0.4) is 0 Å². The monoisotopic (exact) mass is 162 g/mol. The van der Waals surface area contributed by atoms with Gasteiger partial charge in [0.25, 0.3) is 0 Å². The normalized spacial score (nSPS) is 8.91. The van der Waals surface area contributed by atoms with E-state index < -0.39 is 11.9 Å². The molecule has 4 N–H and O–H groups in total. The Hall–Kier alpha value is -1.14. The Morgan fingerprint density at radius 2 is 1.36 bits per heavy atom. The molecule has 0 heterocycles. The van der Waals surface area contributed by atoms with Gasteiger partial charge < -0.3 is 9.68 Å². The van der Waals surface area contributed by atoms with Gasteiger partial charge in [0, 0.05) is 12.8 Å². The van der Waals surface area contributed by atoms with Gasteiger partial charge in [0.05, 0.1) is 0 Å². The molecule has 0 aromatic carbocycles. The van der Waals surface area contributed by atoms with Crippen LogP contribution in [0.4, 0.5) is 0 Å². The molecule has 0 rings (SSSR count). The van der Waals surface area contributed by atoms with E-state index in [1.54, 1.807) is 0 Å². The van der Waals surface area contributed by atoms with Crippen LogP contribution in [0.15, 0.2) is 0 Å². The summed E-state index contributed by atoms with van der Waals surface area (Å²) >= 11 is 0. The summed E-state index contributed by atoms with van der Waals surface area (Å²) in [6.45, 7) is 0. The van der Waals surface area contributed by atoms with Gasteiger partial charge in [-0.05, 0) is 6.42 Å². The van der Waals surface area contributed by atoms with Gasteiger partial charge in [0.1, 0.15) is 0 Å². The van der Waals surface area contributed by atoms with Crippen LogP contribution < -0.4 is 11.8 Å². The molecule has 6 nitrogen and oxygen atoms in total. The van der Waals surface area contributed by atoms with Crippen LogP contribution >= 0.6 is 0 Å². The van der Waals surface area contributed by atoms with E-state index in [1.807, 2.05) is 0 Å². The molecule has 0 radical (unpaired) electrons. The lowest BCUT2D eigenvalue weighted by atomic mass is 10.2. The summed E-state index contributed by atoms with van der Waals surface area (Å²) in [6, 6.07) is 0. The van der Waals surface area contributed by atoms with Gasteiger partial charge in [-0.1, -0.05) is 0 Å². The van der Waals surface area contributed by atoms with E-state index in [0.29, 0.717) is 6.42 Å². The van der Waals surface area contributed by atoms with Crippen molar-refractivity contribution in [2.45, 2.75) is 19.3 Å². The molecule has 0 aliphatic carbocycles. The maximum Gasteiger partial charge on any atom is 0.324 e. The van der Waals surface area contributed by atoms with Crippen LogP contribution in [0.25, 0.3) is 0 Å². The molecule has 0 aliphatic heterocycles. The van der Waals surface area contributed by atoms with E-state index in [1.165, 1.54) is 0 Å². The van der Waals surface area contributed by atoms with Crippen molar-refractivity contribution in [2.24, 2.45) is 11.8 Å². The van der Waals surface area contributed by atoms with Crippen LogP contribution in [0.5, 0.6) is 0 Å². The Kier molecular flexibility index (Phi) is 5.05. The molecule has 0 aliphatic rings. The van der Waals surface area contributed by atoms with Gasteiger partial charge in [-0.25, -0.2) is 0 Å². The molecule has 0 saturated carbocycles. The molecule has 0 aromatic rings. The molecule has 0 atom stereocenters. The first-order valence-corrected chi connectivity index (χ1v) is 3.00. The summed E-state index contributed by atoms with van der Waals surface area (Å²) in [5.74, 6) is 7.94. The highest BCUT2D eigenvalue weighted by Gasteiger charge is 2.04. The summed E-state index contributed by atoms with van der Waals surface area (Å²) in [6.07, 6.45) is 0.503. The van der Waals surface area contributed by atoms with Crippen LogP contribution in [0.2, 0.25) is 0 Å².